The maximum Gasteiger partial charge on any atom is 0.181 e. The van der Waals surface area contributed by atoms with E-state index in [1.807, 2.05) is 6.20 Å². The lowest BCUT2D eigenvalue weighted by Gasteiger charge is -2.04. The van der Waals surface area contributed by atoms with Crippen LogP contribution in [0.5, 0.6) is 0 Å². The summed E-state index contributed by atoms with van der Waals surface area (Å²) < 4.78 is 13.4. The van der Waals surface area contributed by atoms with Crippen LogP contribution in [0.4, 0.5) is 4.39 Å². The fourth-order valence-electron chi connectivity index (χ4n) is 4.10. The van der Waals surface area contributed by atoms with Gasteiger partial charge in [-0.15, -0.1) is 0 Å². The van der Waals surface area contributed by atoms with Gasteiger partial charge in [-0.3, -0.25) is 10.1 Å². The summed E-state index contributed by atoms with van der Waals surface area (Å²) in [4.78, 5) is 17.1. The molecule has 0 saturated heterocycles. The van der Waals surface area contributed by atoms with E-state index < -0.39 is 0 Å². The van der Waals surface area contributed by atoms with Crippen LogP contribution in [-0.2, 0) is 6.42 Å². The Kier molecular flexibility index (Phi) is 4.47. The third-order valence-corrected chi connectivity index (χ3v) is 5.86. The van der Waals surface area contributed by atoms with Crippen molar-refractivity contribution in [1.29, 1.82) is 0 Å². The van der Waals surface area contributed by atoms with E-state index in [0.29, 0.717) is 11.5 Å². The molecule has 0 aliphatic rings. The molecule has 2 N–H and O–H groups in total. The van der Waals surface area contributed by atoms with Crippen molar-refractivity contribution >= 4 is 22.1 Å². The lowest BCUT2D eigenvalue weighted by Crippen LogP contribution is -1.86. The molecular weight excluding hydrogens is 415 g/mol. The second-order valence-electron chi connectivity index (χ2n) is 7.92. The smallest absolute Gasteiger partial charge is 0.181 e. The van der Waals surface area contributed by atoms with Gasteiger partial charge >= 0.3 is 0 Å². The Bertz CT molecular complexity index is 1610. The number of fused-ring (bicyclic) bond motifs is 2. The number of halogens is 1. The minimum absolute atomic E-state index is 0.279. The highest BCUT2D eigenvalue weighted by Gasteiger charge is 2.16. The highest BCUT2D eigenvalue weighted by molar-refractivity contribution is 5.96. The molecule has 6 nitrogen and oxygen atoms in total. The molecular formula is C26H19FN6. The predicted octanol–water partition coefficient (Wildman–Crippen LogP) is 5.93. The number of nitrogens with one attached hydrogen (secondary N) is 2. The van der Waals surface area contributed by atoms with Crippen molar-refractivity contribution in [2.45, 2.75) is 13.3 Å². The van der Waals surface area contributed by atoms with Crippen LogP contribution in [0.15, 0.2) is 73.2 Å². The summed E-state index contributed by atoms with van der Waals surface area (Å²) in [5.74, 6) is 0.364. The van der Waals surface area contributed by atoms with Gasteiger partial charge in [0.15, 0.2) is 11.5 Å². The summed E-state index contributed by atoms with van der Waals surface area (Å²) in [5, 5.41) is 8.33. The van der Waals surface area contributed by atoms with Crippen molar-refractivity contribution in [2.24, 2.45) is 0 Å². The van der Waals surface area contributed by atoms with Gasteiger partial charge in [0.05, 0.1) is 22.6 Å². The van der Waals surface area contributed by atoms with Crippen LogP contribution in [0.2, 0.25) is 0 Å². The lowest BCUT2D eigenvalue weighted by molar-refractivity contribution is 0.628. The quantitative estimate of drug-likeness (QED) is 0.360. The Morgan fingerprint density at radius 2 is 1.79 bits per heavy atom. The molecule has 0 aliphatic carbocycles. The van der Waals surface area contributed by atoms with Crippen molar-refractivity contribution in [3.63, 3.8) is 0 Å². The predicted molar refractivity (Wildman–Crippen MR) is 127 cm³/mol. The van der Waals surface area contributed by atoms with Crippen molar-refractivity contribution in [3.8, 4) is 33.8 Å². The van der Waals surface area contributed by atoms with Crippen LogP contribution in [0.1, 0.15) is 12.5 Å². The van der Waals surface area contributed by atoms with E-state index in [0.717, 1.165) is 50.8 Å². The minimum atomic E-state index is -0.279. The first-order valence-corrected chi connectivity index (χ1v) is 10.7. The van der Waals surface area contributed by atoms with E-state index in [1.165, 1.54) is 17.7 Å². The first-order valence-electron chi connectivity index (χ1n) is 10.7. The second kappa shape index (κ2) is 7.63. The summed E-state index contributed by atoms with van der Waals surface area (Å²) in [7, 11) is 0. The largest absolute Gasteiger partial charge is 0.335 e. The number of hydrogen-bond acceptors (Lipinski definition) is 4. The monoisotopic (exact) mass is 434 g/mol. The molecule has 6 rings (SSSR count). The molecule has 0 saturated carbocycles. The molecule has 4 heterocycles. The van der Waals surface area contributed by atoms with Crippen molar-refractivity contribution in [3.05, 3.63) is 84.6 Å². The Balaban J connectivity index is 1.48. The summed E-state index contributed by atoms with van der Waals surface area (Å²) in [6.45, 7) is 2.14. The number of H-pyrrole nitrogens is 2. The average Bonchev–Trinajstić information content (AvgIpc) is 3.48. The van der Waals surface area contributed by atoms with Gasteiger partial charge in [-0.2, -0.15) is 5.10 Å². The van der Waals surface area contributed by atoms with Crippen molar-refractivity contribution in [2.75, 3.05) is 0 Å². The summed E-state index contributed by atoms with van der Waals surface area (Å²) in [6.07, 6.45) is 6.30. The summed E-state index contributed by atoms with van der Waals surface area (Å²) in [5.41, 5.74) is 8.01. The van der Waals surface area contributed by atoms with E-state index in [2.05, 4.69) is 62.4 Å². The molecule has 0 bridgehead atoms. The van der Waals surface area contributed by atoms with Crippen LogP contribution in [0.3, 0.4) is 0 Å². The highest BCUT2D eigenvalue weighted by atomic mass is 19.1. The maximum atomic E-state index is 13.4. The maximum absolute atomic E-state index is 13.4. The topological polar surface area (TPSA) is 83.1 Å². The number of pyridine rings is 2. The molecule has 0 atom stereocenters. The van der Waals surface area contributed by atoms with E-state index >= 15 is 0 Å². The van der Waals surface area contributed by atoms with E-state index in [-0.39, 0.29) is 5.82 Å². The fourth-order valence-corrected chi connectivity index (χ4v) is 4.10. The molecule has 7 heteroatoms. The van der Waals surface area contributed by atoms with Crippen molar-refractivity contribution in [1.82, 2.24) is 30.1 Å². The zero-order chi connectivity index (χ0) is 22.4. The fraction of sp³-hybridized carbons (Fsp3) is 0.0769. The van der Waals surface area contributed by atoms with Gasteiger partial charge in [-0.05, 0) is 41.3 Å². The van der Waals surface area contributed by atoms with Crippen LogP contribution >= 0.6 is 0 Å². The molecule has 160 valence electrons. The zero-order valence-corrected chi connectivity index (χ0v) is 17.8. The van der Waals surface area contributed by atoms with Crippen LogP contribution in [-0.4, -0.2) is 30.1 Å². The molecule has 0 unspecified atom stereocenters. The van der Waals surface area contributed by atoms with E-state index in [9.17, 15) is 4.39 Å². The molecule has 6 aromatic rings. The molecule has 0 spiro atoms. The lowest BCUT2D eigenvalue weighted by atomic mass is 10.0. The molecule has 4 aromatic heterocycles. The third-order valence-electron chi connectivity index (χ3n) is 5.86. The van der Waals surface area contributed by atoms with Gasteiger partial charge in [0.25, 0.3) is 0 Å². The van der Waals surface area contributed by atoms with Crippen molar-refractivity contribution < 1.29 is 4.39 Å². The Labute approximate surface area is 188 Å². The van der Waals surface area contributed by atoms with Crippen LogP contribution < -0.4 is 0 Å². The van der Waals surface area contributed by atoms with Gasteiger partial charge < -0.3 is 4.98 Å². The number of benzene rings is 2. The Morgan fingerprint density at radius 1 is 0.909 bits per heavy atom. The molecule has 0 fully saturated rings. The van der Waals surface area contributed by atoms with Crippen LogP contribution in [0, 0.1) is 5.82 Å². The SMILES string of the molecule is CCc1cccc(-c2cnc3n[nH]c(-c4nc5c(-c6ccc(F)cc6)cncc5[nH]4)c3c2)c1. The highest BCUT2D eigenvalue weighted by Crippen LogP contribution is 2.32. The summed E-state index contributed by atoms with van der Waals surface area (Å²) in [6, 6.07) is 16.9. The normalized spacial score (nSPS) is 11.5. The molecule has 2 aromatic carbocycles. The standard InChI is InChI=1S/C26H19FN6/c1-2-15-4-3-5-17(10-15)18-11-20-24(32-33-25(20)29-12-18)26-30-22-14-28-13-21(23(22)31-26)16-6-8-19(27)9-7-16/h3-14H,2H2,1H3,(H,30,31)(H,29,32,33). The number of aromatic nitrogens is 6. The number of rotatable bonds is 4. The Morgan fingerprint density at radius 3 is 2.64 bits per heavy atom. The molecule has 0 amide bonds. The zero-order valence-electron chi connectivity index (χ0n) is 17.8. The average molecular weight is 434 g/mol. The first-order chi connectivity index (χ1) is 16.2. The number of aryl methyl sites for hydroxylation is 1. The minimum Gasteiger partial charge on any atom is -0.335 e. The Hall–Kier alpha value is -4.39. The van der Waals surface area contributed by atoms with Gasteiger partial charge in [-0.25, -0.2) is 14.4 Å². The van der Waals surface area contributed by atoms with E-state index in [1.54, 1.807) is 24.5 Å². The van der Waals surface area contributed by atoms with Gasteiger partial charge in [0.1, 0.15) is 11.5 Å². The van der Waals surface area contributed by atoms with Crippen LogP contribution in [0.25, 0.3) is 55.8 Å². The van der Waals surface area contributed by atoms with E-state index in [4.69, 9.17) is 4.98 Å². The van der Waals surface area contributed by atoms with Gasteiger partial charge in [-0.1, -0.05) is 43.3 Å². The third kappa shape index (κ3) is 3.34. The molecule has 0 aliphatic heterocycles. The number of hydrogen-bond donors (Lipinski definition) is 2. The first kappa shape index (κ1) is 19.3. The number of aromatic amines is 2. The molecule has 0 radical (unpaired) electrons. The molecule has 33 heavy (non-hydrogen) atoms. The summed E-state index contributed by atoms with van der Waals surface area (Å²) >= 11 is 0. The second-order valence-corrected chi connectivity index (χ2v) is 7.92. The van der Waals surface area contributed by atoms with Gasteiger partial charge in [0, 0.05) is 23.5 Å². The van der Waals surface area contributed by atoms with Gasteiger partial charge in [0.2, 0.25) is 0 Å². The number of imidazole rings is 1. The number of nitrogens with zero attached hydrogens (tertiary/aromatic N) is 4.